The lowest BCUT2D eigenvalue weighted by molar-refractivity contribution is -0.116. The van der Waals surface area contributed by atoms with Gasteiger partial charge in [-0.05, 0) is 31.4 Å². The standard InChI is InChI=1S/C16H20O/c1-3-4-10-15(13-8-9-14(2)17)16-11-6-5-7-12-16/h5-8,11-12H,3-4,9-10H2,1-2H3. The van der Waals surface area contributed by atoms with Crippen LogP contribution < -0.4 is 0 Å². The van der Waals surface area contributed by atoms with Gasteiger partial charge in [0.05, 0.1) is 0 Å². The van der Waals surface area contributed by atoms with Crippen LogP contribution in [0.4, 0.5) is 0 Å². The van der Waals surface area contributed by atoms with Crippen molar-refractivity contribution in [2.45, 2.75) is 39.5 Å². The van der Waals surface area contributed by atoms with Gasteiger partial charge in [0.15, 0.2) is 0 Å². The van der Waals surface area contributed by atoms with Crippen LogP contribution in [0.2, 0.25) is 0 Å². The van der Waals surface area contributed by atoms with Crippen molar-refractivity contribution in [3.63, 3.8) is 0 Å². The normalized spacial score (nSPS) is 9.53. The predicted molar refractivity (Wildman–Crippen MR) is 72.8 cm³/mol. The van der Waals surface area contributed by atoms with E-state index in [0.29, 0.717) is 6.42 Å². The second-order valence-electron chi connectivity index (χ2n) is 4.20. The molecule has 0 fully saturated rings. The number of ketones is 1. The first kappa shape index (κ1) is 13.5. The fourth-order valence-corrected chi connectivity index (χ4v) is 1.61. The Morgan fingerprint density at radius 1 is 1.29 bits per heavy atom. The van der Waals surface area contributed by atoms with Crippen LogP contribution in [0.5, 0.6) is 0 Å². The van der Waals surface area contributed by atoms with E-state index in [4.69, 9.17) is 0 Å². The van der Waals surface area contributed by atoms with Gasteiger partial charge in [-0.3, -0.25) is 4.79 Å². The number of benzene rings is 1. The van der Waals surface area contributed by atoms with Gasteiger partial charge >= 0.3 is 0 Å². The summed E-state index contributed by atoms with van der Waals surface area (Å²) in [5.74, 6) is 0.181. The van der Waals surface area contributed by atoms with Gasteiger partial charge in [-0.25, -0.2) is 0 Å². The molecule has 0 amide bonds. The van der Waals surface area contributed by atoms with Gasteiger partial charge in [0.2, 0.25) is 0 Å². The van der Waals surface area contributed by atoms with E-state index < -0.39 is 0 Å². The first-order chi connectivity index (χ1) is 8.24. The lowest BCUT2D eigenvalue weighted by atomic mass is 10.0. The molecule has 1 heteroatoms. The molecule has 0 radical (unpaired) electrons. The Kier molecular flexibility index (Phi) is 6.06. The first-order valence-electron chi connectivity index (χ1n) is 6.23. The molecule has 0 heterocycles. The van der Waals surface area contributed by atoms with Gasteiger partial charge in [-0.2, -0.15) is 0 Å². The Morgan fingerprint density at radius 2 is 2.00 bits per heavy atom. The van der Waals surface area contributed by atoms with Gasteiger partial charge in [-0.15, -0.1) is 5.73 Å². The maximum atomic E-state index is 10.9. The van der Waals surface area contributed by atoms with E-state index in [1.165, 1.54) is 17.6 Å². The molecule has 0 aliphatic carbocycles. The van der Waals surface area contributed by atoms with E-state index in [9.17, 15) is 4.79 Å². The SMILES string of the molecule is CCCCC(=C=CCC(C)=O)c1ccccc1. The van der Waals surface area contributed by atoms with Gasteiger partial charge in [-0.1, -0.05) is 43.7 Å². The average molecular weight is 228 g/mol. The van der Waals surface area contributed by atoms with Crippen LogP contribution in [0.3, 0.4) is 0 Å². The fraction of sp³-hybridized carbons (Fsp3) is 0.375. The first-order valence-corrected chi connectivity index (χ1v) is 6.23. The fourth-order valence-electron chi connectivity index (χ4n) is 1.61. The van der Waals surface area contributed by atoms with Crippen molar-refractivity contribution in [1.29, 1.82) is 0 Å². The summed E-state index contributed by atoms with van der Waals surface area (Å²) >= 11 is 0. The molecule has 0 saturated carbocycles. The third kappa shape index (κ3) is 5.33. The van der Waals surface area contributed by atoms with Crippen molar-refractivity contribution in [3.05, 3.63) is 47.7 Å². The summed E-state index contributed by atoms with van der Waals surface area (Å²) in [6, 6.07) is 10.3. The lowest BCUT2D eigenvalue weighted by Gasteiger charge is -2.03. The van der Waals surface area contributed by atoms with E-state index >= 15 is 0 Å². The molecular formula is C16H20O. The number of unbranched alkanes of at least 4 members (excludes halogenated alkanes) is 1. The molecule has 17 heavy (non-hydrogen) atoms. The summed E-state index contributed by atoms with van der Waals surface area (Å²) in [6.07, 6.45) is 5.67. The quantitative estimate of drug-likeness (QED) is 0.660. The van der Waals surface area contributed by atoms with Crippen molar-refractivity contribution in [2.24, 2.45) is 0 Å². The molecule has 1 rings (SSSR count). The Hall–Kier alpha value is -1.59. The predicted octanol–water partition coefficient (Wildman–Crippen LogP) is 4.39. The average Bonchev–Trinajstić information content (AvgIpc) is 2.34. The van der Waals surface area contributed by atoms with Crippen LogP contribution in [-0.4, -0.2) is 5.78 Å². The summed E-state index contributed by atoms with van der Waals surface area (Å²) in [5, 5.41) is 0. The molecule has 1 nitrogen and oxygen atoms in total. The highest BCUT2D eigenvalue weighted by atomic mass is 16.1. The minimum atomic E-state index is 0.181. The molecular weight excluding hydrogens is 208 g/mol. The van der Waals surface area contributed by atoms with Gasteiger partial charge < -0.3 is 0 Å². The topological polar surface area (TPSA) is 17.1 Å². The van der Waals surface area contributed by atoms with Gasteiger partial charge in [0.1, 0.15) is 5.78 Å². The number of Topliss-reactive ketones (excluding diaryl/α,β-unsaturated/α-hetero) is 1. The van der Waals surface area contributed by atoms with Crippen LogP contribution in [0.15, 0.2) is 42.1 Å². The van der Waals surface area contributed by atoms with Crippen LogP contribution in [-0.2, 0) is 4.79 Å². The van der Waals surface area contributed by atoms with Gasteiger partial charge in [0, 0.05) is 12.0 Å². The highest BCUT2D eigenvalue weighted by Gasteiger charge is 1.99. The number of hydrogen-bond acceptors (Lipinski definition) is 1. The maximum Gasteiger partial charge on any atom is 0.134 e. The number of hydrogen-bond donors (Lipinski definition) is 0. The lowest BCUT2D eigenvalue weighted by Crippen LogP contribution is -1.85. The summed E-state index contributed by atoms with van der Waals surface area (Å²) in [4.78, 5) is 10.9. The highest BCUT2D eigenvalue weighted by molar-refractivity contribution is 5.77. The van der Waals surface area contributed by atoms with Crippen molar-refractivity contribution in [1.82, 2.24) is 0 Å². The van der Waals surface area contributed by atoms with E-state index in [0.717, 1.165) is 12.8 Å². The number of carbonyl (C=O) groups excluding carboxylic acids is 1. The number of allylic oxidation sites excluding steroid dienone is 1. The molecule has 0 aromatic heterocycles. The maximum absolute atomic E-state index is 10.9. The molecule has 0 aliphatic heterocycles. The smallest absolute Gasteiger partial charge is 0.134 e. The Morgan fingerprint density at radius 3 is 2.59 bits per heavy atom. The zero-order chi connectivity index (χ0) is 12.5. The summed E-state index contributed by atoms with van der Waals surface area (Å²) < 4.78 is 0. The summed E-state index contributed by atoms with van der Waals surface area (Å²) in [5.41, 5.74) is 5.68. The molecule has 0 atom stereocenters. The molecule has 0 spiro atoms. The van der Waals surface area contributed by atoms with Gasteiger partial charge in [0.25, 0.3) is 0 Å². The Bertz CT molecular complexity index is 408. The van der Waals surface area contributed by atoms with Crippen LogP contribution in [0.1, 0.15) is 45.1 Å². The van der Waals surface area contributed by atoms with Crippen molar-refractivity contribution in [2.75, 3.05) is 0 Å². The zero-order valence-corrected chi connectivity index (χ0v) is 10.7. The number of carbonyl (C=O) groups is 1. The number of rotatable bonds is 6. The highest BCUT2D eigenvalue weighted by Crippen LogP contribution is 2.19. The van der Waals surface area contributed by atoms with E-state index in [1.807, 2.05) is 24.3 Å². The second-order valence-corrected chi connectivity index (χ2v) is 4.20. The molecule has 1 aromatic carbocycles. The van der Waals surface area contributed by atoms with Crippen LogP contribution in [0.25, 0.3) is 5.57 Å². The molecule has 1 aromatic rings. The largest absolute Gasteiger partial charge is 0.300 e. The third-order valence-corrected chi connectivity index (χ3v) is 2.57. The Balaban J connectivity index is 2.87. The van der Waals surface area contributed by atoms with Crippen molar-refractivity contribution < 1.29 is 4.79 Å². The summed E-state index contributed by atoms with van der Waals surface area (Å²) in [6.45, 7) is 3.79. The second kappa shape index (κ2) is 7.65. The van der Waals surface area contributed by atoms with E-state index in [1.54, 1.807) is 6.92 Å². The molecule has 0 aliphatic rings. The van der Waals surface area contributed by atoms with Crippen LogP contribution in [0, 0.1) is 0 Å². The van der Waals surface area contributed by atoms with E-state index in [-0.39, 0.29) is 5.78 Å². The molecule has 0 unspecified atom stereocenters. The molecule has 0 N–H and O–H groups in total. The third-order valence-electron chi connectivity index (χ3n) is 2.57. The van der Waals surface area contributed by atoms with Crippen LogP contribution >= 0.6 is 0 Å². The molecule has 0 bridgehead atoms. The Labute approximate surface area is 104 Å². The summed E-state index contributed by atoms with van der Waals surface area (Å²) in [7, 11) is 0. The molecule has 90 valence electrons. The zero-order valence-electron chi connectivity index (χ0n) is 10.7. The minimum Gasteiger partial charge on any atom is -0.300 e. The molecule has 0 saturated heterocycles. The minimum absolute atomic E-state index is 0.181. The van der Waals surface area contributed by atoms with Crippen molar-refractivity contribution in [3.8, 4) is 0 Å². The van der Waals surface area contributed by atoms with Crippen molar-refractivity contribution >= 4 is 11.4 Å². The van der Waals surface area contributed by atoms with E-state index in [2.05, 4.69) is 24.8 Å². The monoisotopic (exact) mass is 228 g/mol.